The average molecular weight is 953 g/mol. The van der Waals surface area contributed by atoms with Gasteiger partial charge in [-0.3, -0.25) is 9.05 Å². The van der Waals surface area contributed by atoms with Gasteiger partial charge in [-0.1, -0.05) is 114 Å². The van der Waals surface area contributed by atoms with Crippen molar-refractivity contribution in [2.75, 3.05) is 32.2 Å². The third kappa shape index (κ3) is 14.2. The molecule has 2 aromatic carbocycles. The van der Waals surface area contributed by atoms with Gasteiger partial charge in [-0.05, 0) is 68.3 Å². The first-order chi connectivity index (χ1) is 31.9. The molecule has 66 heavy (non-hydrogen) atoms. The Bertz CT molecular complexity index is 2310. The number of nitrogens with two attached hydrogens (primary N) is 1. The summed E-state index contributed by atoms with van der Waals surface area (Å²) >= 11 is 6.46. The van der Waals surface area contributed by atoms with Gasteiger partial charge in [-0.2, -0.15) is 15.6 Å². The Morgan fingerprint density at radius 3 is 2.29 bits per heavy atom. The highest BCUT2D eigenvalue weighted by molar-refractivity contribution is 7.49. The van der Waals surface area contributed by atoms with Gasteiger partial charge in [0, 0.05) is 6.61 Å². The average Bonchev–Trinajstić information content (AvgIpc) is 3.97. The summed E-state index contributed by atoms with van der Waals surface area (Å²) < 4.78 is 80.0. The molecule has 2 aliphatic rings. The number of hydrogen-bond acceptors (Lipinski definition) is 14. The standard InChI is InChI=1S/C48H63ClFN6O9P/c1-4-5-6-7-8-9-10-11-12-13-14-15-16-19-24-58-30-38(59-29-36-25-35(28-51)26-37(50)27-36)31-60-66(57,65-42-21-18-17-20-39(42)49)61-33-48(32-52)45-44(62-47(2,3)64-45)43(63-48)40-22-23-41-46(53)54-34-55-56(40)41/h17-18,20-23,25-27,34,38,43-45H,4-16,19,24,29-31,33H2,1-3H3,(H2,53,54,55)/t38-,43-,44-,45-,48+,66?/m0/s1. The Hall–Kier alpha value is -4.19. The number of nitrogens with zero attached hydrogens (tertiary/aromatic N) is 5. The zero-order valence-corrected chi connectivity index (χ0v) is 39.9. The van der Waals surface area contributed by atoms with Crippen LogP contribution in [0, 0.1) is 28.5 Å². The molecule has 15 nitrogen and oxygen atoms in total. The normalized spacial score (nSPS) is 21.3. The fraction of sp³-hybridized carbons (Fsp3) is 0.583. The molecule has 2 aromatic heterocycles. The van der Waals surface area contributed by atoms with Crippen molar-refractivity contribution in [2.45, 2.75) is 153 Å². The molecule has 0 aliphatic carbocycles. The number of fused-ring (bicyclic) bond motifs is 2. The molecule has 1 unspecified atom stereocenters. The van der Waals surface area contributed by atoms with Gasteiger partial charge in [0.05, 0.1) is 42.2 Å². The van der Waals surface area contributed by atoms with E-state index in [2.05, 4.69) is 23.1 Å². The minimum Gasteiger partial charge on any atom is -0.402 e. The van der Waals surface area contributed by atoms with Gasteiger partial charge in [-0.25, -0.2) is 18.5 Å². The Morgan fingerprint density at radius 2 is 1.61 bits per heavy atom. The Kier molecular flexibility index (Phi) is 19.2. The monoisotopic (exact) mass is 952 g/mol. The lowest BCUT2D eigenvalue weighted by atomic mass is 9.96. The molecule has 2 saturated heterocycles. The van der Waals surface area contributed by atoms with Gasteiger partial charge in [0.1, 0.15) is 60.5 Å². The van der Waals surface area contributed by atoms with Crippen LogP contribution in [0.15, 0.2) is 60.9 Å². The molecule has 4 heterocycles. The van der Waals surface area contributed by atoms with Crippen LogP contribution in [0.1, 0.15) is 134 Å². The molecule has 2 aliphatic heterocycles. The fourth-order valence-corrected chi connectivity index (χ4v) is 9.74. The lowest BCUT2D eigenvalue weighted by Gasteiger charge is -2.30. The van der Waals surface area contributed by atoms with E-state index < -0.39 is 56.1 Å². The third-order valence-corrected chi connectivity index (χ3v) is 13.3. The zero-order chi connectivity index (χ0) is 47.0. The van der Waals surface area contributed by atoms with Crippen molar-refractivity contribution in [1.29, 1.82) is 10.5 Å². The van der Waals surface area contributed by atoms with Gasteiger partial charge in [-0.15, -0.1) is 0 Å². The topological polar surface area (TPSA) is 195 Å². The SMILES string of the molecule is CCCCCCCCCCCCCCCCOC[C@@H](COP(=O)(OC[C@@]1(C#N)O[C@@H](c2ccc3c(N)ncnn23)[C@@H]2OC(C)(C)O[C@@H]21)Oc1ccccc1Cl)OCc1cc(F)cc(C#N)c1. The van der Waals surface area contributed by atoms with Gasteiger partial charge < -0.3 is 33.9 Å². The molecule has 2 fully saturated rings. The number of para-hydroxylation sites is 1. The third-order valence-electron chi connectivity index (χ3n) is 11.6. The van der Waals surface area contributed by atoms with Crippen LogP contribution >= 0.6 is 19.4 Å². The van der Waals surface area contributed by atoms with Crippen molar-refractivity contribution in [3.8, 4) is 17.9 Å². The first kappa shape index (κ1) is 51.2. The molecule has 0 bridgehead atoms. The number of nitrogen functional groups attached to an aromatic ring is 1. The van der Waals surface area contributed by atoms with Crippen LogP contribution in [0.2, 0.25) is 5.02 Å². The highest BCUT2D eigenvalue weighted by atomic mass is 35.5. The molecule has 2 N–H and O–H groups in total. The number of aromatic nitrogens is 3. The van der Waals surface area contributed by atoms with Gasteiger partial charge >= 0.3 is 7.82 Å². The van der Waals surface area contributed by atoms with E-state index in [1.165, 1.54) is 95.2 Å². The zero-order valence-electron chi connectivity index (χ0n) is 38.2. The molecule has 358 valence electrons. The number of benzene rings is 2. The molecule has 6 atom stereocenters. The number of phosphoric acid groups is 1. The molecule has 0 saturated carbocycles. The summed E-state index contributed by atoms with van der Waals surface area (Å²) in [7, 11) is -4.71. The molecular formula is C48H63ClFN6O9P. The van der Waals surface area contributed by atoms with Crippen molar-refractivity contribution < 1.29 is 46.2 Å². The maximum atomic E-state index is 14.8. The van der Waals surface area contributed by atoms with Crippen molar-refractivity contribution >= 4 is 30.8 Å². The van der Waals surface area contributed by atoms with Crippen LogP contribution in [-0.2, 0) is 43.9 Å². The quantitative estimate of drug-likeness (QED) is 0.0399. The predicted molar refractivity (Wildman–Crippen MR) is 246 cm³/mol. The molecule has 18 heteroatoms. The minimum absolute atomic E-state index is 0.00886. The van der Waals surface area contributed by atoms with E-state index in [4.69, 9.17) is 54.6 Å². The number of nitriles is 2. The van der Waals surface area contributed by atoms with E-state index in [0.717, 1.165) is 25.3 Å². The molecule has 0 amide bonds. The number of anilines is 1. The summed E-state index contributed by atoms with van der Waals surface area (Å²) in [5, 5.41) is 24.7. The molecule has 0 spiro atoms. The van der Waals surface area contributed by atoms with Crippen LogP contribution in [0.4, 0.5) is 10.2 Å². The second kappa shape index (κ2) is 24.7. The van der Waals surface area contributed by atoms with E-state index >= 15 is 0 Å². The molecule has 6 rings (SSSR count). The van der Waals surface area contributed by atoms with Crippen molar-refractivity contribution in [2.24, 2.45) is 0 Å². The highest BCUT2D eigenvalue weighted by Crippen LogP contribution is 2.55. The summed E-state index contributed by atoms with van der Waals surface area (Å²) in [6.07, 6.45) is 14.9. The lowest BCUT2D eigenvalue weighted by molar-refractivity contribution is -0.204. The van der Waals surface area contributed by atoms with Crippen LogP contribution in [0.5, 0.6) is 5.75 Å². The summed E-state index contributed by atoms with van der Waals surface area (Å²) in [4.78, 5) is 4.06. The van der Waals surface area contributed by atoms with E-state index in [1.807, 2.05) is 6.07 Å². The van der Waals surface area contributed by atoms with Crippen LogP contribution in [0.3, 0.4) is 0 Å². The van der Waals surface area contributed by atoms with E-state index in [1.54, 1.807) is 48.7 Å². The molecule has 4 aromatic rings. The summed E-state index contributed by atoms with van der Waals surface area (Å²) in [6.45, 7) is 4.96. The number of hydrogen-bond donors (Lipinski definition) is 1. The maximum Gasteiger partial charge on any atom is 0.530 e. The molecular weight excluding hydrogens is 890 g/mol. The second-order valence-electron chi connectivity index (χ2n) is 17.4. The van der Waals surface area contributed by atoms with E-state index in [0.29, 0.717) is 23.4 Å². The van der Waals surface area contributed by atoms with Crippen molar-refractivity contribution in [3.05, 3.63) is 88.6 Å². The fourth-order valence-electron chi connectivity index (χ4n) is 8.24. The van der Waals surface area contributed by atoms with Gasteiger partial charge in [0.25, 0.3) is 0 Å². The van der Waals surface area contributed by atoms with Crippen LogP contribution in [-0.4, -0.2) is 70.7 Å². The number of ether oxygens (including phenoxy) is 5. The Labute approximate surface area is 392 Å². The largest absolute Gasteiger partial charge is 0.530 e. The van der Waals surface area contributed by atoms with E-state index in [9.17, 15) is 19.5 Å². The van der Waals surface area contributed by atoms with Gasteiger partial charge in [0.15, 0.2) is 11.6 Å². The van der Waals surface area contributed by atoms with Crippen LogP contribution in [0.25, 0.3) is 5.52 Å². The Morgan fingerprint density at radius 1 is 0.909 bits per heavy atom. The van der Waals surface area contributed by atoms with E-state index in [-0.39, 0.29) is 42.0 Å². The minimum atomic E-state index is -4.71. The van der Waals surface area contributed by atoms with Crippen molar-refractivity contribution in [1.82, 2.24) is 14.6 Å². The second-order valence-corrected chi connectivity index (χ2v) is 19.4. The smallest absolute Gasteiger partial charge is 0.402 e. The summed E-state index contributed by atoms with van der Waals surface area (Å²) in [5.41, 5.74) is 5.77. The number of unbranched alkanes of at least 4 members (excludes halogenated alkanes) is 13. The lowest BCUT2D eigenvalue weighted by Crippen LogP contribution is -2.46. The maximum absolute atomic E-state index is 14.8. The number of halogens is 2. The number of rotatable bonds is 29. The number of phosphoric ester groups is 1. The van der Waals surface area contributed by atoms with Crippen LogP contribution < -0.4 is 10.3 Å². The first-order valence-corrected chi connectivity index (χ1v) is 25.0. The summed E-state index contributed by atoms with van der Waals surface area (Å²) in [5.74, 6) is -1.50. The van der Waals surface area contributed by atoms with Gasteiger partial charge in [0.2, 0.25) is 5.60 Å². The summed E-state index contributed by atoms with van der Waals surface area (Å²) in [6, 6.07) is 17.9. The van der Waals surface area contributed by atoms with Crippen molar-refractivity contribution in [3.63, 3.8) is 0 Å². The molecule has 0 radical (unpaired) electrons. The Balaban J connectivity index is 1.11. The predicted octanol–water partition coefficient (Wildman–Crippen LogP) is 11.1. The highest BCUT2D eigenvalue weighted by Gasteiger charge is 2.65. The first-order valence-electron chi connectivity index (χ1n) is 23.1.